The molecule has 1 saturated heterocycles. The Labute approximate surface area is 120 Å². The minimum atomic E-state index is 0.0344. The molecule has 4 heteroatoms. The number of hydrogen-bond donors (Lipinski definition) is 2. The van der Waals surface area contributed by atoms with Gasteiger partial charge in [0.2, 0.25) is 0 Å². The first kappa shape index (κ1) is 13.3. The van der Waals surface area contributed by atoms with Crippen LogP contribution in [-0.4, -0.2) is 23.5 Å². The van der Waals surface area contributed by atoms with E-state index < -0.39 is 0 Å². The normalized spacial score (nSPS) is 25.9. The maximum Gasteiger partial charge on any atom is 0.322 e. The number of urea groups is 1. The molecule has 1 aliphatic carbocycles. The van der Waals surface area contributed by atoms with Gasteiger partial charge in [-0.2, -0.15) is 0 Å². The first-order valence-corrected chi connectivity index (χ1v) is 7.67. The molecule has 1 aliphatic heterocycles. The number of rotatable bonds is 1. The summed E-state index contributed by atoms with van der Waals surface area (Å²) < 4.78 is 0. The molecule has 0 spiro atoms. The molecule has 20 heavy (non-hydrogen) atoms. The number of nitrogens with zero attached hydrogens (tertiary/aromatic N) is 1. The zero-order chi connectivity index (χ0) is 13.9. The van der Waals surface area contributed by atoms with Gasteiger partial charge in [-0.25, -0.2) is 4.79 Å². The minimum absolute atomic E-state index is 0.0344. The molecule has 2 amide bonds. The molecule has 1 heterocycles. The molecule has 4 nitrogen and oxygen atoms in total. The molecule has 0 unspecified atom stereocenters. The molecule has 2 fully saturated rings. The van der Waals surface area contributed by atoms with E-state index in [-0.39, 0.29) is 6.03 Å². The number of carbonyl (C=O) groups is 1. The third-order valence-electron chi connectivity index (χ3n) is 4.64. The van der Waals surface area contributed by atoms with E-state index in [0.717, 1.165) is 25.1 Å². The number of hydrogen-bond acceptors (Lipinski definition) is 2. The summed E-state index contributed by atoms with van der Waals surface area (Å²) in [6, 6.07) is 7.86. The van der Waals surface area contributed by atoms with E-state index in [4.69, 9.17) is 5.73 Å². The Hall–Kier alpha value is -1.71. The number of piperidine rings is 1. The number of nitrogens with two attached hydrogens (primary N) is 1. The molecule has 108 valence electrons. The number of nitrogens with one attached hydrogen (secondary N) is 1. The van der Waals surface area contributed by atoms with Gasteiger partial charge in [0, 0.05) is 24.0 Å². The van der Waals surface area contributed by atoms with Crippen LogP contribution in [0.5, 0.6) is 0 Å². The summed E-state index contributed by atoms with van der Waals surface area (Å²) in [5, 5.41) is 2.99. The molecule has 0 aromatic heterocycles. The molecule has 0 radical (unpaired) electrons. The third-order valence-corrected chi connectivity index (χ3v) is 4.64. The number of nitrogen functional groups attached to an aromatic ring is 1. The molecule has 0 bridgehead atoms. The molecule has 3 rings (SSSR count). The Morgan fingerprint density at radius 3 is 2.85 bits per heavy atom. The second-order valence-corrected chi connectivity index (χ2v) is 6.00. The predicted octanol–water partition coefficient (Wildman–Crippen LogP) is 3.46. The van der Waals surface area contributed by atoms with Crippen LogP contribution in [0.2, 0.25) is 0 Å². The van der Waals surface area contributed by atoms with Gasteiger partial charge in [-0.15, -0.1) is 0 Å². The van der Waals surface area contributed by atoms with Crippen LogP contribution in [-0.2, 0) is 0 Å². The van der Waals surface area contributed by atoms with E-state index in [1.807, 2.05) is 18.2 Å². The van der Waals surface area contributed by atoms with Gasteiger partial charge in [-0.3, -0.25) is 0 Å². The van der Waals surface area contributed by atoms with Crippen LogP contribution >= 0.6 is 0 Å². The number of carbonyl (C=O) groups excluding carboxylic acids is 1. The van der Waals surface area contributed by atoms with E-state index in [0.29, 0.717) is 17.6 Å². The molecule has 2 aliphatic rings. The molecule has 2 atom stereocenters. The summed E-state index contributed by atoms with van der Waals surface area (Å²) in [6.07, 6.45) is 7.44. The average Bonchev–Trinajstić information content (AvgIpc) is 2.46. The van der Waals surface area contributed by atoms with E-state index >= 15 is 0 Å². The van der Waals surface area contributed by atoms with Crippen LogP contribution < -0.4 is 11.1 Å². The summed E-state index contributed by atoms with van der Waals surface area (Å²) in [4.78, 5) is 14.6. The number of amides is 2. The highest BCUT2D eigenvalue weighted by Crippen LogP contribution is 2.35. The van der Waals surface area contributed by atoms with Gasteiger partial charge in [0.15, 0.2) is 0 Å². The van der Waals surface area contributed by atoms with Crippen molar-refractivity contribution in [1.82, 2.24) is 4.90 Å². The van der Waals surface area contributed by atoms with Gasteiger partial charge in [0.05, 0.1) is 0 Å². The van der Waals surface area contributed by atoms with Crippen LogP contribution in [0, 0.1) is 5.92 Å². The first-order chi connectivity index (χ1) is 9.74. The quantitative estimate of drug-likeness (QED) is 0.770. The van der Waals surface area contributed by atoms with Crippen molar-refractivity contribution < 1.29 is 4.79 Å². The zero-order valence-corrected chi connectivity index (χ0v) is 11.8. The lowest BCUT2D eigenvalue weighted by Crippen LogP contribution is -2.51. The smallest absolute Gasteiger partial charge is 0.322 e. The number of fused-ring (bicyclic) bond motifs is 1. The minimum Gasteiger partial charge on any atom is -0.399 e. The van der Waals surface area contributed by atoms with Crippen molar-refractivity contribution in [2.45, 2.75) is 44.6 Å². The fourth-order valence-corrected chi connectivity index (χ4v) is 3.69. The average molecular weight is 273 g/mol. The molecule has 1 aromatic rings. The SMILES string of the molecule is Nc1cccc(NC(=O)N2CCC[C@H]3CCCC[C@H]32)c1. The van der Waals surface area contributed by atoms with Crippen LogP contribution in [0.15, 0.2) is 24.3 Å². The number of likely N-dealkylation sites (tertiary alicyclic amines) is 1. The fourth-order valence-electron chi connectivity index (χ4n) is 3.69. The molecule has 1 saturated carbocycles. The monoisotopic (exact) mass is 273 g/mol. The summed E-state index contributed by atoms with van der Waals surface area (Å²) in [6.45, 7) is 0.884. The Morgan fingerprint density at radius 2 is 2.00 bits per heavy atom. The van der Waals surface area contributed by atoms with Gasteiger partial charge in [-0.05, 0) is 49.8 Å². The second-order valence-electron chi connectivity index (χ2n) is 6.00. The third kappa shape index (κ3) is 2.74. The van der Waals surface area contributed by atoms with E-state index in [2.05, 4.69) is 10.2 Å². The van der Waals surface area contributed by atoms with Gasteiger partial charge in [0.25, 0.3) is 0 Å². The molecular weight excluding hydrogens is 250 g/mol. The highest BCUT2D eigenvalue weighted by molar-refractivity contribution is 5.90. The summed E-state index contributed by atoms with van der Waals surface area (Å²) in [5.74, 6) is 0.712. The van der Waals surface area contributed by atoms with Crippen molar-refractivity contribution in [2.75, 3.05) is 17.6 Å². The van der Waals surface area contributed by atoms with E-state index in [1.165, 1.54) is 25.7 Å². The van der Waals surface area contributed by atoms with E-state index in [1.54, 1.807) is 6.07 Å². The van der Waals surface area contributed by atoms with Crippen molar-refractivity contribution >= 4 is 17.4 Å². The van der Waals surface area contributed by atoms with Crippen molar-refractivity contribution in [3.8, 4) is 0 Å². The fraction of sp³-hybridized carbons (Fsp3) is 0.562. The second kappa shape index (κ2) is 5.73. The van der Waals surface area contributed by atoms with Crippen molar-refractivity contribution in [2.24, 2.45) is 5.92 Å². The summed E-state index contributed by atoms with van der Waals surface area (Å²) in [5.41, 5.74) is 7.22. The van der Waals surface area contributed by atoms with Gasteiger partial charge in [-0.1, -0.05) is 18.9 Å². The highest BCUT2D eigenvalue weighted by atomic mass is 16.2. The lowest BCUT2D eigenvalue weighted by molar-refractivity contribution is 0.0909. The van der Waals surface area contributed by atoms with Crippen LogP contribution in [0.1, 0.15) is 38.5 Å². The Balaban J connectivity index is 1.69. The topological polar surface area (TPSA) is 58.4 Å². The van der Waals surface area contributed by atoms with Gasteiger partial charge in [0.1, 0.15) is 0 Å². The number of benzene rings is 1. The predicted molar refractivity (Wildman–Crippen MR) is 81.6 cm³/mol. The van der Waals surface area contributed by atoms with Crippen LogP contribution in [0.25, 0.3) is 0 Å². The lowest BCUT2D eigenvalue weighted by atomic mass is 9.78. The van der Waals surface area contributed by atoms with Crippen LogP contribution in [0.3, 0.4) is 0 Å². The maximum absolute atomic E-state index is 12.5. The first-order valence-electron chi connectivity index (χ1n) is 7.67. The Kier molecular flexibility index (Phi) is 3.81. The van der Waals surface area contributed by atoms with Crippen molar-refractivity contribution in [3.63, 3.8) is 0 Å². The highest BCUT2D eigenvalue weighted by Gasteiger charge is 2.35. The van der Waals surface area contributed by atoms with Crippen molar-refractivity contribution in [3.05, 3.63) is 24.3 Å². The largest absolute Gasteiger partial charge is 0.399 e. The summed E-state index contributed by atoms with van der Waals surface area (Å²) in [7, 11) is 0. The molecule has 1 aromatic carbocycles. The molecule has 3 N–H and O–H groups in total. The van der Waals surface area contributed by atoms with Gasteiger partial charge < -0.3 is 16.0 Å². The zero-order valence-electron chi connectivity index (χ0n) is 11.8. The van der Waals surface area contributed by atoms with Crippen molar-refractivity contribution in [1.29, 1.82) is 0 Å². The number of anilines is 2. The maximum atomic E-state index is 12.5. The van der Waals surface area contributed by atoms with E-state index in [9.17, 15) is 4.79 Å². The summed E-state index contributed by atoms with van der Waals surface area (Å²) >= 11 is 0. The standard InChI is InChI=1S/C16H23N3O/c17-13-7-3-8-14(11-13)18-16(20)19-10-4-6-12-5-1-2-9-15(12)19/h3,7-8,11-12,15H,1-2,4-6,9-10,17H2,(H,18,20)/t12-,15-/m1/s1. The Morgan fingerprint density at radius 1 is 1.20 bits per heavy atom. The lowest BCUT2D eigenvalue weighted by Gasteiger charge is -2.44. The molecular formula is C16H23N3O. The van der Waals surface area contributed by atoms with Gasteiger partial charge >= 0.3 is 6.03 Å². The van der Waals surface area contributed by atoms with Crippen LogP contribution in [0.4, 0.5) is 16.2 Å². The Bertz CT molecular complexity index is 486.